The lowest BCUT2D eigenvalue weighted by Gasteiger charge is -2.17. The van der Waals surface area contributed by atoms with Gasteiger partial charge in [0.1, 0.15) is 5.01 Å². The SMILES string of the molecule is Cc1cnc(C(NC(=O)NCCC(O)c2ccccc2)C2CC2)s1. The molecule has 0 bridgehead atoms. The van der Waals surface area contributed by atoms with Gasteiger partial charge in [0.25, 0.3) is 0 Å². The molecule has 3 rings (SSSR count). The third kappa shape index (κ3) is 4.55. The van der Waals surface area contributed by atoms with Crippen LogP contribution in [-0.4, -0.2) is 22.7 Å². The van der Waals surface area contributed by atoms with Crippen molar-refractivity contribution in [3.8, 4) is 0 Å². The Morgan fingerprint density at radius 3 is 2.75 bits per heavy atom. The van der Waals surface area contributed by atoms with Crippen molar-refractivity contribution in [2.24, 2.45) is 5.92 Å². The molecule has 5 nitrogen and oxygen atoms in total. The molecule has 128 valence electrons. The molecular weight excluding hydrogens is 322 g/mol. The molecule has 0 spiro atoms. The van der Waals surface area contributed by atoms with Crippen LogP contribution in [0.1, 0.15) is 46.9 Å². The Balaban J connectivity index is 1.46. The van der Waals surface area contributed by atoms with Crippen LogP contribution in [0, 0.1) is 12.8 Å². The molecule has 2 atom stereocenters. The number of carbonyl (C=O) groups excluding carboxylic acids is 1. The number of aliphatic hydroxyl groups is 1. The number of carbonyl (C=O) groups is 1. The Morgan fingerprint density at radius 1 is 1.38 bits per heavy atom. The van der Waals surface area contributed by atoms with Crippen molar-refractivity contribution >= 4 is 17.4 Å². The highest BCUT2D eigenvalue weighted by molar-refractivity contribution is 7.11. The summed E-state index contributed by atoms with van der Waals surface area (Å²) >= 11 is 1.64. The summed E-state index contributed by atoms with van der Waals surface area (Å²) in [6, 6.07) is 9.30. The Labute approximate surface area is 146 Å². The van der Waals surface area contributed by atoms with E-state index in [-0.39, 0.29) is 12.1 Å². The average Bonchev–Trinajstić information content (AvgIpc) is 3.34. The Hall–Kier alpha value is -1.92. The second-order valence-corrected chi connectivity index (χ2v) is 7.51. The number of aliphatic hydroxyl groups excluding tert-OH is 1. The number of hydrogen-bond acceptors (Lipinski definition) is 4. The van der Waals surface area contributed by atoms with Gasteiger partial charge in [0.05, 0.1) is 12.1 Å². The number of nitrogens with zero attached hydrogens (tertiary/aromatic N) is 1. The molecule has 1 aromatic heterocycles. The van der Waals surface area contributed by atoms with Crippen molar-refractivity contribution in [3.05, 3.63) is 52.0 Å². The van der Waals surface area contributed by atoms with Crippen LogP contribution in [0.5, 0.6) is 0 Å². The summed E-state index contributed by atoms with van der Waals surface area (Å²) in [6.45, 7) is 2.45. The summed E-state index contributed by atoms with van der Waals surface area (Å²) in [5.41, 5.74) is 0.869. The minimum Gasteiger partial charge on any atom is -0.388 e. The van der Waals surface area contributed by atoms with Crippen molar-refractivity contribution in [1.82, 2.24) is 15.6 Å². The number of amides is 2. The zero-order valence-electron chi connectivity index (χ0n) is 13.7. The maximum absolute atomic E-state index is 12.2. The van der Waals surface area contributed by atoms with E-state index in [0.717, 1.165) is 28.3 Å². The van der Waals surface area contributed by atoms with Gasteiger partial charge in [-0.1, -0.05) is 30.3 Å². The number of thiazole rings is 1. The zero-order valence-corrected chi connectivity index (χ0v) is 14.6. The highest BCUT2D eigenvalue weighted by Crippen LogP contribution is 2.41. The molecule has 2 amide bonds. The fourth-order valence-corrected chi connectivity index (χ4v) is 3.60. The number of benzene rings is 1. The minimum absolute atomic E-state index is 0.00254. The number of aryl methyl sites for hydroxylation is 1. The topological polar surface area (TPSA) is 74.2 Å². The lowest BCUT2D eigenvalue weighted by atomic mass is 10.1. The predicted octanol–water partition coefficient (Wildman–Crippen LogP) is 3.33. The van der Waals surface area contributed by atoms with Crippen LogP contribution in [0.25, 0.3) is 0 Å². The van der Waals surface area contributed by atoms with E-state index in [9.17, 15) is 9.90 Å². The van der Waals surface area contributed by atoms with Crippen molar-refractivity contribution in [2.45, 2.75) is 38.3 Å². The predicted molar refractivity (Wildman–Crippen MR) is 94.9 cm³/mol. The molecule has 6 heteroatoms. The molecule has 1 saturated carbocycles. The van der Waals surface area contributed by atoms with E-state index in [1.807, 2.05) is 43.5 Å². The first-order chi connectivity index (χ1) is 11.6. The molecular formula is C18H23N3O2S. The van der Waals surface area contributed by atoms with Gasteiger partial charge in [0.15, 0.2) is 0 Å². The first kappa shape index (κ1) is 16.9. The van der Waals surface area contributed by atoms with E-state index in [1.54, 1.807) is 11.3 Å². The monoisotopic (exact) mass is 345 g/mol. The standard InChI is InChI=1S/C18H23N3O2S/c1-12-11-20-17(24-12)16(14-7-8-14)21-18(23)19-10-9-15(22)13-5-3-2-4-6-13/h2-6,11,14-16,22H,7-10H2,1H3,(H2,19,21,23). The van der Waals surface area contributed by atoms with Gasteiger partial charge in [-0.25, -0.2) is 9.78 Å². The van der Waals surface area contributed by atoms with Crippen LogP contribution < -0.4 is 10.6 Å². The van der Waals surface area contributed by atoms with Gasteiger partial charge in [-0.05, 0) is 37.7 Å². The molecule has 1 fully saturated rings. The maximum Gasteiger partial charge on any atom is 0.315 e. The number of nitrogens with one attached hydrogen (secondary N) is 2. The van der Waals surface area contributed by atoms with E-state index < -0.39 is 6.10 Å². The quantitative estimate of drug-likeness (QED) is 0.720. The summed E-state index contributed by atoms with van der Waals surface area (Å²) in [7, 11) is 0. The van der Waals surface area contributed by atoms with Crippen LogP contribution in [0.4, 0.5) is 4.79 Å². The Morgan fingerprint density at radius 2 is 2.12 bits per heavy atom. The fourth-order valence-electron chi connectivity index (χ4n) is 2.68. The number of aromatic nitrogens is 1. The van der Waals surface area contributed by atoms with Crippen LogP contribution in [-0.2, 0) is 0 Å². The first-order valence-electron chi connectivity index (χ1n) is 8.33. The number of hydrogen-bond donors (Lipinski definition) is 3. The molecule has 0 saturated heterocycles. The summed E-state index contributed by atoms with van der Waals surface area (Å²) in [5.74, 6) is 0.496. The summed E-state index contributed by atoms with van der Waals surface area (Å²) < 4.78 is 0. The van der Waals surface area contributed by atoms with Gasteiger partial charge in [-0.3, -0.25) is 0 Å². The summed E-state index contributed by atoms with van der Waals surface area (Å²) in [4.78, 5) is 17.7. The third-order valence-electron chi connectivity index (χ3n) is 4.17. The molecule has 2 aromatic rings. The third-order valence-corrected chi connectivity index (χ3v) is 5.17. The van der Waals surface area contributed by atoms with Crippen LogP contribution in [0.2, 0.25) is 0 Å². The minimum atomic E-state index is -0.563. The van der Waals surface area contributed by atoms with Gasteiger partial charge >= 0.3 is 6.03 Å². The average molecular weight is 345 g/mol. The van der Waals surface area contributed by atoms with Crippen molar-refractivity contribution in [3.63, 3.8) is 0 Å². The zero-order chi connectivity index (χ0) is 16.9. The summed E-state index contributed by atoms with van der Waals surface area (Å²) in [6.07, 6.45) is 4.05. The second kappa shape index (κ2) is 7.77. The molecule has 1 aliphatic rings. The van der Waals surface area contributed by atoms with E-state index >= 15 is 0 Å². The van der Waals surface area contributed by atoms with Gasteiger partial charge in [-0.2, -0.15) is 0 Å². The molecule has 24 heavy (non-hydrogen) atoms. The van der Waals surface area contributed by atoms with Crippen molar-refractivity contribution in [1.29, 1.82) is 0 Å². The molecule has 1 heterocycles. The van der Waals surface area contributed by atoms with E-state index in [1.165, 1.54) is 0 Å². The largest absolute Gasteiger partial charge is 0.388 e. The van der Waals surface area contributed by atoms with Gasteiger partial charge in [0, 0.05) is 17.6 Å². The summed E-state index contributed by atoms with van der Waals surface area (Å²) in [5, 5.41) is 17.0. The molecule has 0 aliphatic heterocycles. The fraction of sp³-hybridized carbons (Fsp3) is 0.444. The Kier molecular flexibility index (Phi) is 5.48. The van der Waals surface area contributed by atoms with E-state index in [2.05, 4.69) is 15.6 Å². The Bertz CT molecular complexity index is 670. The number of urea groups is 1. The van der Waals surface area contributed by atoms with Gasteiger partial charge in [-0.15, -0.1) is 11.3 Å². The molecule has 1 aliphatic carbocycles. The molecule has 2 unspecified atom stereocenters. The van der Waals surface area contributed by atoms with Crippen molar-refractivity contribution < 1.29 is 9.90 Å². The highest BCUT2D eigenvalue weighted by Gasteiger charge is 2.35. The van der Waals surface area contributed by atoms with Crippen molar-refractivity contribution in [2.75, 3.05) is 6.54 Å². The van der Waals surface area contributed by atoms with Crippen LogP contribution in [0.3, 0.4) is 0 Å². The van der Waals surface area contributed by atoms with Crippen LogP contribution >= 0.6 is 11.3 Å². The smallest absolute Gasteiger partial charge is 0.315 e. The lowest BCUT2D eigenvalue weighted by molar-refractivity contribution is 0.166. The van der Waals surface area contributed by atoms with E-state index in [0.29, 0.717) is 18.9 Å². The normalized spacial score (nSPS) is 16.4. The van der Waals surface area contributed by atoms with E-state index in [4.69, 9.17) is 0 Å². The van der Waals surface area contributed by atoms with Crippen LogP contribution in [0.15, 0.2) is 36.5 Å². The number of rotatable bonds is 7. The molecule has 3 N–H and O–H groups in total. The lowest BCUT2D eigenvalue weighted by Crippen LogP contribution is -2.39. The highest BCUT2D eigenvalue weighted by atomic mass is 32.1. The van der Waals surface area contributed by atoms with Gasteiger partial charge < -0.3 is 15.7 Å². The molecule has 0 radical (unpaired) electrons. The van der Waals surface area contributed by atoms with Gasteiger partial charge in [0.2, 0.25) is 0 Å². The second-order valence-electron chi connectivity index (χ2n) is 6.24. The molecule has 1 aromatic carbocycles. The first-order valence-corrected chi connectivity index (χ1v) is 9.15. The maximum atomic E-state index is 12.2.